The molecule has 1 saturated heterocycles. The maximum absolute atomic E-state index is 11.8. The number of rotatable bonds is 8. The van der Waals surface area contributed by atoms with Gasteiger partial charge in [0.15, 0.2) is 0 Å². The monoisotopic (exact) mass is 505 g/mol. The molecule has 0 saturated carbocycles. The number of pyridine rings is 1. The lowest BCUT2D eigenvalue weighted by atomic mass is 10.2. The molecule has 1 aliphatic rings. The van der Waals surface area contributed by atoms with Crippen LogP contribution in [0.1, 0.15) is 12.1 Å². The highest BCUT2D eigenvalue weighted by molar-refractivity contribution is 6.32. The van der Waals surface area contributed by atoms with E-state index in [-0.39, 0.29) is 12.0 Å². The van der Waals surface area contributed by atoms with Gasteiger partial charge in [-0.1, -0.05) is 23.7 Å². The number of fused-ring (bicyclic) bond motifs is 1. The summed E-state index contributed by atoms with van der Waals surface area (Å²) in [4.78, 5) is 26.5. The van der Waals surface area contributed by atoms with E-state index in [0.717, 1.165) is 16.8 Å². The molecule has 1 fully saturated rings. The van der Waals surface area contributed by atoms with Crippen LogP contribution in [0.4, 0.5) is 11.5 Å². The van der Waals surface area contributed by atoms with Gasteiger partial charge in [0.05, 0.1) is 28.2 Å². The number of likely N-dealkylation sites (tertiary alicyclic amines) is 1. The van der Waals surface area contributed by atoms with Crippen LogP contribution in [0, 0.1) is 0 Å². The Hall–Kier alpha value is -3.95. The van der Waals surface area contributed by atoms with Crippen molar-refractivity contribution in [3.05, 3.63) is 77.8 Å². The molecule has 9 nitrogen and oxygen atoms in total. The minimum atomic E-state index is -0.502. The van der Waals surface area contributed by atoms with E-state index in [1.165, 1.54) is 6.33 Å². The zero-order chi connectivity index (χ0) is 24.9. The lowest BCUT2D eigenvalue weighted by molar-refractivity contribution is -0.133. The van der Waals surface area contributed by atoms with Crippen molar-refractivity contribution < 1.29 is 19.4 Å². The van der Waals surface area contributed by atoms with E-state index in [4.69, 9.17) is 26.2 Å². The number of amides is 1. The van der Waals surface area contributed by atoms with Crippen LogP contribution in [0.5, 0.6) is 11.5 Å². The molecule has 184 valence electrons. The summed E-state index contributed by atoms with van der Waals surface area (Å²) in [5, 5.41) is 13.6. The Bertz CT molecular complexity index is 1370. The van der Waals surface area contributed by atoms with Crippen LogP contribution in [-0.4, -0.2) is 56.7 Å². The number of carbonyl (C=O) groups is 1. The van der Waals surface area contributed by atoms with Crippen LogP contribution in [0.15, 0.2) is 67.1 Å². The number of aliphatic hydroxyl groups excluding tert-OH is 1. The van der Waals surface area contributed by atoms with Gasteiger partial charge >= 0.3 is 0 Å². The summed E-state index contributed by atoms with van der Waals surface area (Å²) >= 11 is 6.48. The number of hydrogen-bond acceptors (Lipinski definition) is 8. The molecule has 0 aliphatic carbocycles. The summed E-state index contributed by atoms with van der Waals surface area (Å²) in [5.74, 6) is 1.43. The van der Waals surface area contributed by atoms with E-state index < -0.39 is 6.61 Å². The summed E-state index contributed by atoms with van der Waals surface area (Å²) in [5.41, 5.74) is 2.25. The van der Waals surface area contributed by atoms with E-state index in [0.29, 0.717) is 54.0 Å². The number of benzene rings is 2. The molecule has 5 rings (SSSR count). The van der Waals surface area contributed by atoms with Crippen molar-refractivity contribution in [3.63, 3.8) is 0 Å². The van der Waals surface area contributed by atoms with E-state index in [1.807, 2.05) is 42.5 Å². The first-order valence-corrected chi connectivity index (χ1v) is 11.9. The number of halogens is 1. The molecule has 2 aromatic carbocycles. The average molecular weight is 506 g/mol. The molecular weight excluding hydrogens is 482 g/mol. The van der Waals surface area contributed by atoms with E-state index in [2.05, 4.69) is 20.3 Å². The minimum absolute atomic E-state index is 0.191. The molecule has 10 heteroatoms. The van der Waals surface area contributed by atoms with E-state index in [1.54, 1.807) is 23.2 Å². The summed E-state index contributed by atoms with van der Waals surface area (Å²) in [6.07, 6.45) is 3.68. The molecule has 0 unspecified atom stereocenters. The Balaban J connectivity index is 1.34. The highest BCUT2D eigenvalue weighted by Gasteiger charge is 2.28. The number of aromatic nitrogens is 3. The van der Waals surface area contributed by atoms with Crippen LogP contribution in [0.2, 0.25) is 5.02 Å². The molecule has 36 heavy (non-hydrogen) atoms. The topological polar surface area (TPSA) is 110 Å². The van der Waals surface area contributed by atoms with Crippen molar-refractivity contribution in [2.24, 2.45) is 0 Å². The standard InChI is InChI=1S/C26H24ClN5O4/c27-20-12-17(7-8-22(20)35-15-18-4-1-2-10-28-18)31-26-25-21(29-16-30-26)5-3-6-23(25)36-19-9-11-32(13-19)24(34)14-33/h1-8,10,12,16,19,33H,9,11,13-15H2,(H,29,30,31)/t19-/m1/s1. The Labute approximate surface area is 212 Å². The van der Waals surface area contributed by atoms with Gasteiger partial charge in [-0.2, -0.15) is 0 Å². The van der Waals surface area contributed by atoms with Crippen LogP contribution >= 0.6 is 11.6 Å². The first-order valence-electron chi connectivity index (χ1n) is 11.5. The smallest absolute Gasteiger partial charge is 0.248 e. The van der Waals surface area contributed by atoms with Gasteiger partial charge in [-0.3, -0.25) is 9.78 Å². The summed E-state index contributed by atoms with van der Waals surface area (Å²) in [6.45, 7) is 0.775. The molecule has 0 spiro atoms. The predicted molar refractivity (Wildman–Crippen MR) is 136 cm³/mol. The fourth-order valence-corrected chi connectivity index (χ4v) is 4.30. The van der Waals surface area contributed by atoms with Gasteiger partial charge < -0.3 is 24.8 Å². The average Bonchev–Trinajstić information content (AvgIpc) is 3.37. The predicted octanol–water partition coefficient (Wildman–Crippen LogP) is 3.97. The van der Waals surface area contributed by atoms with Gasteiger partial charge in [0.2, 0.25) is 5.91 Å². The Kier molecular flexibility index (Phi) is 7.11. The third kappa shape index (κ3) is 5.32. The summed E-state index contributed by atoms with van der Waals surface area (Å²) in [6, 6.07) is 16.7. The number of aliphatic hydroxyl groups is 1. The molecule has 2 aromatic heterocycles. The quantitative estimate of drug-likeness (QED) is 0.370. The Morgan fingerprint density at radius 1 is 1.11 bits per heavy atom. The van der Waals surface area contributed by atoms with Gasteiger partial charge in [-0.25, -0.2) is 9.97 Å². The first-order chi connectivity index (χ1) is 17.6. The van der Waals surface area contributed by atoms with Crippen molar-refractivity contribution in [3.8, 4) is 11.5 Å². The van der Waals surface area contributed by atoms with E-state index in [9.17, 15) is 4.79 Å². The molecule has 1 aliphatic heterocycles. The third-order valence-corrected chi connectivity index (χ3v) is 6.14. The highest BCUT2D eigenvalue weighted by atomic mass is 35.5. The van der Waals surface area contributed by atoms with Crippen molar-refractivity contribution in [1.82, 2.24) is 19.9 Å². The number of ether oxygens (including phenoxy) is 2. The van der Waals surface area contributed by atoms with Gasteiger partial charge in [0, 0.05) is 24.8 Å². The van der Waals surface area contributed by atoms with Gasteiger partial charge in [0.25, 0.3) is 0 Å². The fourth-order valence-electron chi connectivity index (χ4n) is 4.07. The molecule has 3 heterocycles. The highest BCUT2D eigenvalue weighted by Crippen LogP contribution is 2.35. The fraction of sp³-hybridized carbons (Fsp3) is 0.231. The summed E-state index contributed by atoms with van der Waals surface area (Å²) < 4.78 is 12.1. The Morgan fingerprint density at radius 3 is 2.83 bits per heavy atom. The normalized spacial score (nSPS) is 15.2. The van der Waals surface area contributed by atoms with Gasteiger partial charge in [-0.15, -0.1) is 0 Å². The van der Waals surface area contributed by atoms with Gasteiger partial charge in [0.1, 0.15) is 43.0 Å². The number of anilines is 2. The van der Waals surface area contributed by atoms with Crippen LogP contribution in [0.3, 0.4) is 0 Å². The number of carbonyl (C=O) groups excluding carboxylic acids is 1. The number of nitrogens with zero attached hydrogens (tertiary/aromatic N) is 4. The second kappa shape index (κ2) is 10.8. The zero-order valence-electron chi connectivity index (χ0n) is 19.3. The maximum Gasteiger partial charge on any atom is 0.248 e. The molecule has 1 atom stereocenters. The van der Waals surface area contributed by atoms with E-state index >= 15 is 0 Å². The van der Waals surface area contributed by atoms with Crippen molar-refractivity contribution in [2.75, 3.05) is 25.0 Å². The van der Waals surface area contributed by atoms with Crippen LogP contribution < -0.4 is 14.8 Å². The lowest BCUT2D eigenvalue weighted by Gasteiger charge is -2.18. The van der Waals surface area contributed by atoms with Crippen molar-refractivity contribution >= 4 is 39.9 Å². The molecular formula is C26H24ClN5O4. The second-order valence-electron chi connectivity index (χ2n) is 8.28. The van der Waals surface area contributed by atoms with Crippen molar-refractivity contribution in [1.29, 1.82) is 0 Å². The molecule has 1 amide bonds. The second-order valence-corrected chi connectivity index (χ2v) is 8.69. The minimum Gasteiger partial charge on any atom is -0.488 e. The van der Waals surface area contributed by atoms with Crippen molar-refractivity contribution in [2.45, 2.75) is 19.1 Å². The first kappa shape index (κ1) is 23.8. The largest absolute Gasteiger partial charge is 0.488 e. The molecule has 4 aromatic rings. The summed E-state index contributed by atoms with van der Waals surface area (Å²) in [7, 11) is 0. The SMILES string of the molecule is O=C(CO)N1CC[C@@H](Oc2cccc3ncnc(Nc4ccc(OCc5ccccn5)c(Cl)c4)c23)C1. The molecule has 0 radical (unpaired) electrons. The van der Waals surface area contributed by atoms with Crippen LogP contribution in [-0.2, 0) is 11.4 Å². The lowest BCUT2D eigenvalue weighted by Crippen LogP contribution is -2.32. The number of hydrogen-bond donors (Lipinski definition) is 2. The van der Waals surface area contributed by atoms with Crippen LogP contribution in [0.25, 0.3) is 10.9 Å². The zero-order valence-corrected chi connectivity index (χ0v) is 20.1. The maximum atomic E-state index is 11.8. The van der Waals surface area contributed by atoms with Gasteiger partial charge in [-0.05, 0) is 42.5 Å². The Morgan fingerprint density at radius 2 is 2.03 bits per heavy atom. The number of nitrogens with one attached hydrogen (secondary N) is 1. The third-order valence-electron chi connectivity index (χ3n) is 5.85. The molecule has 0 bridgehead atoms. The molecule has 2 N–H and O–H groups in total.